The second kappa shape index (κ2) is 4.33. The lowest BCUT2D eigenvalue weighted by atomic mass is 10.00. The summed E-state index contributed by atoms with van der Waals surface area (Å²) in [4.78, 5) is 0. The van der Waals surface area contributed by atoms with E-state index in [2.05, 4.69) is 18.7 Å². The lowest BCUT2D eigenvalue weighted by Crippen LogP contribution is -1.81. The molecule has 0 fully saturated rings. The second-order valence-electron chi connectivity index (χ2n) is 3.30. The maximum atomic E-state index is 5.85. The summed E-state index contributed by atoms with van der Waals surface area (Å²) in [5, 5.41) is 0.759. The Bertz CT molecular complexity index is 469. The van der Waals surface area contributed by atoms with Gasteiger partial charge in [-0.2, -0.15) is 0 Å². The van der Waals surface area contributed by atoms with E-state index in [0.29, 0.717) is 0 Å². The van der Waals surface area contributed by atoms with Crippen molar-refractivity contribution >= 4 is 17.7 Å². The van der Waals surface area contributed by atoms with Gasteiger partial charge in [0.1, 0.15) is 0 Å². The molecule has 0 aliphatic rings. The number of halogens is 1. The molecule has 0 aromatic heterocycles. The Morgan fingerprint density at radius 2 is 1.60 bits per heavy atom. The Morgan fingerprint density at radius 3 is 2.27 bits per heavy atom. The van der Waals surface area contributed by atoms with Crippen LogP contribution in [0, 0.1) is 0 Å². The molecule has 0 unspecified atom stereocenters. The van der Waals surface area contributed by atoms with Crippen LogP contribution >= 0.6 is 11.6 Å². The average Bonchev–Trinajstić information content (AvgIpc) is 2.30. The molecule has 74 valence electrons. The van der Waals surface area contributed by atoms with E-state index in [9.17, 15) is 0 Å². The Hall–Kier alpha value is -1.53. The SMILES string of the molecule is C=Cc1ccccc1-c1ccc(Cl)cc1. The molecule has 0 saturated heterocycles. The van der Waals surface area contributed by atoms with Crippen LogP contribution in [0.4, 0.5) is 0 Å². The highest BCUT2D eigenvalue weighted by molar-refractivity contribution is 6.30. The van der Waals surface area contributed by atoms with Gasteiger partial charge in [-0.3, -0.25) is 0 Å². The summed E-state index contributed by atoms with van der Waals surface area (Å²) in [5.41, 5.74) is 3.49. The molecular formula is C14H11Cl. The van der Waals surface area contributed by atoms with Crippen LogP contribution in [0.15, 0.2) is 55.1 Å². The third-order valence-corrected chi connectivity index (χ3v) is 2.59. The molecule has 15 heavy (non-hydrogen) atoms. The van der Waals surface area contributed by atoms with Crippen molar-refractivity contribution in [2.45, 2.75) is 0 Å². The fourth-order valence-electron chi connectivity index (χ4n) is 1.57. The normalized spacial score (nSPS) is 9.93. The van der Waals surface area contributed by atoms with Gasteiger partial charge in [-0.05, 0) is 28.8 Å². The van der Waals surface area contributed by atoms with Crippen LogP contribution in [0.1, 0.15) is 5.56 Å². The zero-order valence-electron chi connectivity index (χ0n) is 8.28. The molecular weight excluding hydrogens is 204 g/mol. The maximum Gasteiger partial charge on any atom is 0.0406 e. The monoisotopic (exact) mass is 214 g/mol. The van der Waals surface area contributed by atoms with Gasteiger partial charge >= 0.3 is 0 Å². The zero-order chi connectivity index (χ0) is 10.7. The Labute approximate surface area is 94.8 Å². The molecule has 0 spiro atoms. The first-order chi connectivity index (χ1) is 7.31. The average molecular weight is 215 g/mol. The van der Waals surface area contributed by atoms with Crippen molar-refractivity contribution in [3.05, 3.63) is 65.7 Å². The molecule has 0 bridgehead atoms. The van der Waals surface area contributed by atoms with Crippen molar-refractivity contribution in [2.24, 2.45) is 0 Å². The summed E-state index contributed by atoms with van der Waals surface area (Å²) in [6.07, 6.45) is 1.87. The molecule has 0 aliphatic carbocycles. The molecule has 2 aromatic rings. The summed E-state index contributed by atoms with van der Waals surface area (Å²) in [6.45, 7) is 3.81. The minimum absolute atomic E-state index is 0.759. The minimum atomic E-state index is 0.759. The van der Waals surface area contributed by atoms with Crippen molar-refractivity contribution in [1.29, 1.82) is 0 Å². The van der Waals surface area contributed by atoms with E-state index < -0.39 is 0 Å². The lowest BCUT2D eigenvalue weighted by molar-refractivity contribution is 1.59. The highest BCUT2D eigenvalue weighted by Gasteiger charge is 2.00. The topological polar surface area (TPSA) is 0 Å². The number of rotatable bonds is 2. The first kappa shape index (κ1) is 10.0. The summed E-state index contributed by atoms with van der Waals surface area (Å²) in [5.74, 6) is 0. The molecule has 0 amide bonds. The van der Waals surface area contributed by atoms with Gasteiger partial charge in [-0.25, -0.2) is 0 Å². The van der Waals surface area contributed by atoms with Crippen LogP contribution < -0.4 is 0 Å². The zero-order valence-corrected chi connectivity index (χ0v) is 9.04. The summed E-state index contributed by atoms with van der Waals surface area (Å²) >= 11 is 5.85. The Kier molecular flexibility index (Phi) is 2.89. The van der Waals surface area contributed by atoms with Crippen LogP contribution in [0.25, 0.3) is 17.2 Å². The van der Waals surface area contributed by atoms with Gasteiger partial charge in [0.2, 0.25) is 0 Å². The van der Waals surface area contributed by atoms with Gasteiger partial charge in [0.25, 0.3) is 0 Å². The molecule has 0 nitrogen and oxygen atoms in total. The first-order valence-electron chi connectivity index (χ1n) is 4.78. The smallest absolute Gasteiger partial charge is 0.0406 e. The van der Waals surface area contributed by atoms with Crippen LogP contribution in [-0.4, -0.2) is 0 Å². The first-order valence-corrected chi connectivity index (χ1v) is 5.16. The van der Waals surface area contributed by atoms with E-state index in [1.165, 1.54) is 5.56 Å². The molecule has 0 saturated carbocycles. The van der Waals surface area contributed by atoms with Crippen molar-refractivity contribution in [1.82, 2.24) is 0 Å². The maximum absolute atomic E-state index is 5.85. The van der Waals surface area contributed by atoms with Crippen LogP contribution in [0.5, 0.6) is 0 Å². The van der Waals surface area contributed by atoms with E-state index in [0.717, 1.165) is 16.1 Å². The van der Waals surface area contributed by atoms with Gasteiger partial charge in [0.05, 0.1) is 0 Å². The van der Waals surface area contributed by atoms with E-state index in [1.807, 2.05) is 42.5 Å². The quantitative estimate of drug-likeness (QED) is 0.683. The molecule has 0 N–H and O–H groups in total. The largest absolute Gasteiger partial charge is 0.0984 e. The number of hydrogen-bond acceptors (Lipinski definition) is 0. The van der Waals surface area contributed by atoms with Gasteiger partial charge in [0, 0.05) is 5.02 Å². The van der Waals surface area contributed by atoms with Crippen LogP contribution in [0.3, 0.4) is 0 Å². The number of benzene rings is 2. The van der Waals surface area contributed by atoms with E-state index in [-0.39, 0.29) is 0 Å². The summed E-state index contributed by atoms with van der Waals surface area (Å²) in [7, 11) is 0. The molecule has 0 atom stereocenters. The van der Waals surface area contributed by atoms with E-state index in [1.54, 1.807) is 0 Å². The fourth-order valence-corrected chi connectivity index (χ4v) is 1.69. The highest BCUT2D eigenvalue weighted by Crippen LogP contribution is 2.25. The third kappa shape index (κ3) is 2.11. The molecule has 0 heterocycles. The fraction of sp³-hybridized carbons (Fsp3) is 0. The molecule has 0 aliphatic heterocycles. The predicted molar refractivity (Wildman–Crippen MR) is 67.0 cm³/mol. The summed E-state index contributed by atoms with van der Waals surface area (Å²) < 4.78 is 0. The lowest BCUT2D eigenvalue weighted by Gasteiger charge is -2.05. The Morgan fingerprint density at radius 1 is 0.933 bits per heavy atom. The van der Waals surface area contributed by atoms with Crippen molar-refractivity contribution in [3.8, 4) is 11.1 Å². The van der Waals surface area contributed by atoms with Crippen molar-refractivity contribution in [2.75, 3.05) is 0 Å². The van der Waals surface area contributed by atoms with Crippen LogP contribution in [0.2, 0.25) is 5.02 Å². The highest BCUT2D eigenvalue weighted by atomic mass is 35.5. The van der Waals surface area contributed by atoms with Gasteiger partial charge in [-0.15, -0.1) is 0 Å². The van der Waals surface area contributed by atoms with Crippen molar-refractivity contribution < 1.29 is 0 Å². The van der Waals surface area contributed by atoms with Gasteiger partial charge < -0.3 is 0 Å². The summed E-state index contributed by atoms with van der Waals surface area (Å²) in [6, 6.07) is 16.0. The standard InChI is InChI=1S/C14H11Cl/c1-2-11-5-3-4-6-14(11)12-7-9-13(15)10-8-12/h2-10H,1H2. The Balaban J connectivity index is 2.53. The minimum Gasteiger partial charge on any atom is -0.0984 e. The molecule has 2 aromatic carbocycles. The third-order valence-electron chi connectivity index (χ3n) is 2.34. The number of hydrogen-bond donors (Lipinski definition) is 0. The predicted octanol–water partition coefficient (Wildman–Crippen LogP) is 4.65. The van der Waals surface area contributed by atoms with E-state index >= 15 is 0 Å². The van der Waals surface area contributed by atoms with Crippen molar-refractivity contribution in [3.63, 3.8) is 0 Å². The van der Waals surface area contributed by atoms with Gasteiger partial charge in [-0.1, -0.05) is 60.7 Å². The van der Waals surface area contributed by atoms with E-state index in [4.69, 9.17) is 11.6 Å². The van der Waals surface area contributed by atoms with Crippen LogP contribution in [-0.2, 0) is 0 Å². The van der Waals surface area contributed by atoms with Gasteiger partial charge in [0.15, 0.2) is 0 Å². The molecule has 1 heteroatoms. The second-order valence-corrected chi connectivity index (χ2v) is 3.73. The molecule has 2 rings (SSSR count). The molecule has 0 radical (unpaired) electrons.